The van der Waals surface area contributed by atoms with Crippen molar-refractivity contribution < 1.29 is 19.4 Å². The van der Waals surface area contributed by atoms with Crippen LogP contribution in [0.4, 0.5) is 0 Å². The third-order valence-corrected chi connectivity index (χ3v) is 5.66. The second-order valence-electron chi connectivity index (χ2n) is 7.11. The fraction of sp³-hybridized carbons (Fsp3) is 0.381. The Labute approximate surface area is 184 Å². The zero-order valence-electron chi connectivity index (χ0n) is 16.2. The van der Waals surface area contributed by atoms with Crippen LogP contribution in [0.3, 0.4) is 0 Å². The molecular formula is C21H23Cl2N3O4. The number of rotatable bonds is 7. The first-order chi connectivity index (χ1) is 14.5. The van der Waals surface area contributed by atoms with Gasteiger partial charge in [-0.25, -0.2) is 0 Å². The molecule has 1 aromatic heterocycles. The van der Waals surface area contributed by atoms with Crippen LogP contribution in [-0.2, 0) is 16.1 Å². The van der Waals surface area contributed by atoms with Crippen LogP contribution in [0.1, 0.15) is 35.2 Å². The molecule has 7 nitrogen and oxygen atoms in total. The SMILES string of the molecule is O=C(C[C@H]1CC[C@H](NC(=O)c2cccnc2)[C@H](CO)O1)NCc1ccc(Cl)c(Cl)c1. The molecular weight excluding hydrogens is 429 g/mol. The Hall–Kier alpha value is -2.19. The molecule has 0 aliphatic carbocycles. The van der Waals surface area contributed by atoms with Gasteiger partial charge in [0.25, 0.3) is 5.91 Å². The lowest BCUT2D eigenvalue weighted by atomic mass is 9.96. The summed E-state index contributed by atoms with van der Waals surface area (Å²) in [5, 5.41) is 16.3. The van der Waals surface area contributed by atoms with Crippen LogP contribution in [0.2, 0.25) is 10.0 Å². The molecule has 9 heteroatoms. The average molecular weight is 452 g/mol. The van der Waals surface area contributed by atoms with E-state index in [9.17, 15) is 14.7 Å². The van der Waals surface area contributed by atoms with Crippen molar-refractivity contribution >= 4 is 35.0 Å². The number of hydrogen-bond donors (Lipinski definition) is 3. The van der Waals surface area contributed by atoms with E-state index in [1.54, 1.807) is 36.5 Å². The first-order valence-corrected chi connectivity index (χ1v) is 10.4. The fourth-order valence-corrected chi connectivity index (χ4v) is 3.65. The monoisotopic (exact) mass is 451 g/mol. The largest absolute Gasteiger partial charge is 0.394 e. The second kappa shape index (κ2) is 10.7. The number of halogens is 2. The standard InChI is InChI=1S/C21H23Cl2N3O4/c22-16-5-3-13(8-17(16)23)10-25-20(28)9-15-4-6-18(19(12-27)30-15)26-21(29)14-2-1-7-24-11-14/h1-3,5,7-8,11,15,18-19,27H,4,6,9-10,12H2,(H,25,28)(H,26,29)/t15-,18+,19+/m1/s1. The highest BCUT2D eigenvalue weighted by atomic mass is 35.5. The van der Waals surface area contributed by atoms with Crippen molar-refractivity contribution in [3.63, 3.8) is 0 Å². The summed E-state index contributed by atoms with van der Waals surface area (Å²) in [4.78, 5) is 28.5. The molecule has 1 saturated heterocycles. The lowest BCUT2D eigenvalue weighted by Crippen LogP contribution is -2.51. The Kier molecular flexibility index (Phi) is 8.04. The summed E-state index contributed by atoms with van der Waals surface area (Å²) in [7, 11) is 0. The van der Waals surface area contributed by atoms with Crippen LogP contribution in [0, 0.1) is 0 Å². The summed E-state index contributed by atoms with van der Waals surface area (Å²) in [6, 6.07) is 8.20. The van der Waals surface area contributed by atoms with Gasteiger partial charge in [-0.05, 0) is 42.7 Å². The van der Waals surface area contributed by atoms with Crippen LogP contribution < -0.4 is 10.6 Å². The number of nitrogens with one attached hydrogen (secondary N) is 2. The molecule has 0 spiro atoms. The Bertz CT molecular complexity index is 882. The van der Waals surface area contributed by atoms with Crippen molar-refractivity contribution in [3.8, 4) is 0 Å². The third-order valence-electron chi connectivity index (χ3n) is 4.92. The molecule has 0 radical (unpaired) electrons. The molecule has 160 valence electrons. The third kappa shape index (κ3) is 6.15. The normalized spacial score (nSPS) is 21.1. The Morgan fingerprint density at radius 1 is 1.20 bits per heavy atom. The number of benzene rings is 1. The molecule has 0 saturated carbocycles. The van der Waals surface area contributed by atoms with Crippen LogP contribution in [0.25, 0.3) is 0 Å². The highest BCUT2D eigenvalue weighted by Gasteiger charge is 2.33. The summed E-state index contributed by atoms with van der Waals surface area (Å²) in [5.74, 6) is -0.437. The Balaban J connectivity index is 1.47. The fourth-order valence-electron chi connectivity index (χ4n) is 3.32. The maximum absolute atomic E-state index is 12.3. The first-order valence-electron chi connectivity index (χ1n) is 9.64. The van der Waals surface area contributed by atoms with E-state index >= 15 is 0 Å². The number of aliphatic hydroxyl groups excluding tert-OH is 1. The van der Waals surface area contributed by atoms with Crippen molar-refractivity contribution in [3.05, 3.63) is 63.9 Å². The second-order valence-corrected chi connectivity index (χ2v) is 7.92. The average Bonchev–Trinajstić information content (AvgIpc) is 2.76. The summed E-state index contributed by atoms with van der Waals surface area (Å²) >= 11 is 11.9. The number of ether oxygens (including phenoxy) is 1. The highest BCUT2D eigenvalue weighted by Crippen LogP contribution is 2.24. The summed E-state index contributed by atoms with van der Waals surface area (Å²) in [5.41, 5.74) is 1.28. The number of aliphatic hydroxyl groups is 1. The van der Waals surface area contributed by atoms with Crippen molar-refractivity contribution in [2.24, 2.45) is 0 Å². The van der Waals surface area contributed by atoms with Gasteiger partial charge in [0.15, 0.2) is 0 Å². The zero-order chi connectivity index (χ0) is 21.5. The van der Waals surface area contributed by atoms with Crippen molar-refractivity contribution in [2.45, 2.75) is 44.1 Å². The van der Waals surface area contributed by atoms with Crippen molar-refractivity contribution in [2.75, 3.05) is 6.61 Å². The van der Waals surface area contributed by atoms with E-state index in [1.807, 2.05) is 0 Å². The predicted molar refractivity (Wildman–Crippen MR) is 113 cm³/mol. The molecule has 1 aliphatic heterocycles. The molecule has 0 unspecified atom stereocenters. The quantitative estimate of drug-likeness (QED) is 0.600. The summed E-state index contributed by atoms with van der Waals surface area (Å²) < 4.78 is 5.86. The van der Waals surface area contributed by atoms with E-state index in [4.69, 9.17) is 27.9 Å². The smallest absolute Gasteiger partial charge is 0.253 e. The number of aromatic nitrogens is 1. The number of nitrogens with zero attached hydrogens (tertiary/aromatic N) is 1. The molecule has 1 aromatic carbocycles. The van der Waals surface area contributed by atoms with Gasteiger partial charge < -0.3 is 20.5 Å². The molecule has 3 rings (SSSR count). The number of carbonyl (C=O) groups excluding carboxylic acids is 2. The number of amides is 2. The van der Waals surface area contributed by atoms with Gasteiger partial charge in [-0.15, -0.1) is 0 Å². The number of hydrogen-bond acceptors (Lipinski definition) is 5. The van der Waals surface area contributed by atoms with Gasteiger partial charge in [-0.1, -0.05) is 29.3 Å². The Morgan fingerprint density at radius 3 is 2.73 bits per heavy atom. The van der Waals surface area contributed by atoms with Gasteiger partial charge in [0, 0.05) is 18.9 Å². The van der Waals surface area contributed by atoms with E-state index in [1.165, 1.54) is 6.20 Å². The molecule has 1 aliphatic rings. The summed E-state index contributed by atoms with van der Waals surface area (Å²) in [6.07, 6.45) is 3.52. The maximum atomic E-state index is 12.3. The van der Waals surface area contributed by atoms with Gasteiger partial charge in [0.1, 0.15) is 6.10 Å². The molecule has 2 heterocycles. The first kappa shape index (κ1) is 22.5. The lowest BCUT2D eigenvalue weighted by Gasteiger charge is -2.36. The molecule has 3 atom stereocenters. The highest BCUT2D eigenvalue weighted by molar-refractivity contribution is 6.42. The topological polar surface area (TPSA) is 101 Å². The molecule has 0 bridgehead atoms. The Morgan fingerprint density at radius 2 is 2.03 bits per heavy atom. The molecule has 2 aromatic rings. The van der Waals surface area contributed by atoms with Gasteiger partial charge in [0.2, 0.25) is 5.91 Å². The van der Waals surface area contributed by atoms with Crippen molar-refractivity contribution in [1.29, 1.82) is 0 Å². The molecule has 3 N–H and O–H groups in total. The van der Waals surface area contributed by atoms with Crippen LogP contribution in [0.5, 0.6) is 0 Å². The minimum absolute atomic E-state index is 0.166. The summed E-state index contributed by atoms with van der Waals surface area (Å²) in [6.45, 7) is 0.0784. The van der Waals surface area contributed by atoms with E-state index in [2.05, 4.69) is 15.6 Å². The predicted octanol–water partition coefficient (Wildman–Crippen LogP) is 2.73. The van der Waals surface area contributed by atoms with E-state index in [0.29, 0.717) is 35.0 Å². The zero-order valence-corrected chi connectivity index (χ0v) is 17.7. The number of carbonyl (C=O) groups is 2. The maximum Gasteiger partial charge on any atom is 0.253 e. The van der Waals surface area contributed by atoms with Crippen LogP contribution >= 0.6 is 23.2 Å². The van der Waals surface area contributed by atoms with Gasteiger partial charge >= 0.3 is 0 Å². The van der Waals surface area contributed by atoms with Crippen molar-refractivity contribution in [1.82, 2.24) is 15.6 Å². The van der Waals surface area contributed by atoms with E-state index in [0.717, 1.165) is 5.56 Å². The van der Waals surface area contributed by atoms with Crippen LogP contribution in [-0.4, -0.2) is 46.8 Å². The number of pyridine rings is 1. The molecule has 30 heavy (non-hydrogen) atoms. The van der Waals surface area contributed by atoms with Gasteiger partial charge in [-0.3, -0.25) is 14.6 Å². The van der Waals surface area contributed by atoms with Gasteiger partial charge in [0.05, 0.1) is 40.8 Å². The lowest BCUT2D eigenvalue weighted by molar-refractivity contribution is -0.131. The minimum Gasteiger partial charge on any atom is -0.394 e. The van der Waals surface area contributed by atoms with Crippen LogP contribution in [0.15, 0.2) is 42.7 Å². The molecule has 2 amide bonds. The van der Waals surface area contributed by atoms with E-state index < -0.39 is 6.10 Å². The van der Waals surface area contributed by atoms with Gasteiger partial charge in [-0.2, -0.15) is 0 Å². The minimum atomic E-state index is -0.577. The molecule has 1 fully saturated rings. The van der Waals surface area contributed by atoms with E-state index in [-0.39, 0.29) is 37.0 Å².